The normalized spacial score (nSPS) is 14.3. The fourth-order valence-electron chi connectivity index (χ4n) is 15.1. The van der Waals surface area contributed by atoms with Crippen molar-refractivity contribution in [2.75, 3.05) is 50.6 Å². The van der Waals surface area contributed by atoms with Crippen molar-refractivity contribution in [3.8, 4) is 134 Å². The van der Waals surface area contributed by atoms with Gasteiger partial charge in [0.2, 0.25) is 0 Å². The lowest BCUT2D eigenvalue weighted by Crippen LogP contribution is -2.56. The molecule has 2 heterocycles. The van der Waals surface area contributed by atoms with Gasteiger partial charge in [-0.2, -0.15) is 0 Å². The van der Waals surface area contributed by atoms with Crippen molar-refractivity contribution >= 4 is 17.1 Å². The van der Waals surface area contributed by atoms with Crippen LogP contribution in [0.4, 0.5) is 17.1 Å². The van der Waals surface area contributed by atoms with Gasteiger partial charge in [-0.25, -0.2) is 0 Å². The van der Waals surface area contributed by atoms with E-state index in [9.17, 15) is 0 Å². The molecule has 0 aliphatic carbocycles. The monoisotopic (exact) mass is 1330 g/mol. The Kier molecular flexibility index (Phi) is 20.4. The Morgan fingerprint density at radius 3 is 0.833 bits per heavy atom. The van der Waals surface area contributed by atoms with Gasteiger partial charge in [0.15, 0.2) is 0 Å². The van der Waals surface area contributed by atoms with Crippen LogP contribution >= 0.6 is 0 Å². The Morgan fingerprint density at radius 1 is 0.304 bits per heavy atom. The van der Waals surface area contributed by atoms with E-state index in [4.69, 9.17) is 11.5 Å². The minimum atomic E-state index is 0.389. The van der Waals surface area contributed by atoms with Gasteiger partial charge in [-0.3, -0.25) is 4.90 Å². The molecule has 0 saturated carbocycles. The molecule has 2 aliphatic rings. The summed E-state index contributed by atoms with van der Waals surface area (Å²) >= 11 is 0. The molecule has 16 rings (SSSR count). The molecule has 14 aromatic rings. The van der Waals surface area contributed by atoms with Gasteiger partial charge in [0.05, 0.1) is 6.67 Å². The second-order valence-electron chi connectivity index (χ2n) is 26.8. The van der Waals surface area contributed by atoms with Crippen LogP contribution in [0.1, 0.15) is 30.5 Å². The average Bonchev–Trinajstić information content (AvgIpc) is 0.719. The molecule has 1 fully saturated rings. The maximum Gasteiger partial charge on any atom is 0.145 e. The Balaban J connectivity index is 0.000000165. The van der Waals surface area contributed by atoms with Gasteiger partial charge >= 0.3 is 0 Å². The first kappa shape index (κ1) is 67.5. The minimum Gasteiger partial charge on any atom is -0.399 e. The van der Waals surface area contributed by atoms with Crippen molar-refractivity contribution in [2.24, 2.45) is 5.92 Å². The molecule has 6 nitrogen and oxygen atoms in total. The molecule has 0 aromatic heterocycles. The van der Waals surface area contributed by atoms with E-state index in [2.05, 4.69) is 350 Å². The largest absolute Gasteiger partial charge is 0.399 e. The fourth-order valence-corrected chi connectivity index (χ4v) is 15.1. The fraction of sp³-hybridized carbons (Fsp3) is 0.125. The number of nitrogens with two attached hydrogens (primary N) is 2. The number of anilines is 3. The summed E-state index contributed by atoms with van der Waals surface area (Å²) < 4.78 is 8.94. The zero-order chi connectivity index (χ0) is 70.1. The molecule has 102 heavy (non-hydrogen) atoms. The molecule has 6 heteroatoms. The Hall–Kier alpha value is -11.6. The van der Waals surface area contributed by atoms with E-state index < -0.39 is 0 Å². The highest BCUT2D eigenvalue weighted by Gasteiger charge is 2.36. The van der Waals surface area contributed by atoms with Crippen molar-refractivity contribution in [1.29, 1.82) is 0 Å². The van der Waals surface area contributed by atoms with E-state index in [-0.39, 0.29) is 0 Å². The topological polar surface area (TPSA) is 77.0 Å². The zero-order valence-electron chi connectivity index (χ0n) is 59.0. The van der Waals surface area contributed by atoms with Crippen LogP contribution in [0.5, 0.6) is 0 Å². The molecule has 3 atom stereocenters. The van der Waals surface area contributed by atoms with Gasteiger partial charge in [0.1, 0.15) is 6.79 Å². The Bertz CT molecular complexity index is 4790. The molecule has 4 N–H and O–H groups in total. The van der Waals surface area contributed by atoms with Crippen LogP contribution in [0.25, 0.3) is 134 Å². The lowest BCUT2D eigenvalue weighted by atomic mass is 9.74. The van der Waals surface area contributed by atoms with Crippen molar-refractivity contribution in [3.63, 3.8) is 0 Å². The van der Waals surface area contributed by atoms with Crippen LogP contribution < -0.4 is 16.4 Å². The lowest BCUT2D eigenvalue weighted by molar-refractivity contribution is -0.00272. The first-order valence-electron chi connectivity index (χ1n) is 35.4. The van der Waals surface area contributed by atoms with Crippen LogP contribution in [0.2, 0.25) is 0 Å². The minimum absolute atomic E-state index is 0.389. The summed E-state index contributed by atoms with van der Waals surface area (Å²) in [4.78, 5) is 5.25. The van der Waals surface area contributed by atoms with E-state index in [0.717, 1.165) is 64.5 Å². The maximum absolute atomic E-state index is 6.25. The van der Waals surface area contributed by atoms with E-state index >= 15 is 0 Å². The second-order valence-corrected chi connectivity index (χ2v) is 26.8. The van der Waals surface area contributed by atoms with Crippen LogP contribution in [0, 0.1) is 19.8 Å². The highest BCUT2D eigenvalue weighted by atomic mass is 16.6. The third kappa shape index (κ3) is 13.9. The summed E-state index contributed by atoms with van der Waals surface area (Å²) in [5.41, 5.74) is 48.1. The van der Waals surface area contributed by atoms with E-state index in [1.54, 1.807) is 14.2 Å². The molecule has 502 valence electrons. The van der Waals surface area contributed by atoms with Crippen LogP contribution in [0.15, 0.2) is 328 Å². The third-order valence-electron chi connectivity index (χ3n) is 20.3. The number of rotatable bonds is 14. The first-order valence-corrected chi connectivity index (χ1v) is 35.4. The smallest absolute Gasteiger partial charge is 0.145 e. The number of benzene rings is 14. The highest BCUT2D eigenvalue weighted by Crippen LogP contribution is 2.58. The molecular formula is C96H86N4O2. The summed E-state index contributed by atoms with van der Waals surface area (Å²) in [7, 11) is 3.17. The molecule has 2 aliphatic heterocycles. The summed E-state index contributed by atoms with van der Waals surface area (Å²) in [6, 6.07) is 119. The van der Waals surface area contributed by atoms with Gasteiger partial charge in [0, 0.05) is 50.4 Å². The molecule has 1 saturated heterocycles. The van der Waals surface area contributed by atoms with Gasteiger partial charge in [-0.1, -0.05) is 298 Å². The third-order valence-corrected chi connectivity index (χ3v) is 20.3. The van der Waals surface area contributed by atoms with E-state index in [1.165, 1.54) is 123 Å². The highest BCUT2D eigenvalue weighted by molar-refractivity contribution is 6.17. The number of ether oxygens (including phenoxy) is 2. The SMILES string of the molecule is COCOC.Cc1ccc(-c2c(-c3ccccc3)c(-c3ccccc3)c(-c3ccc4c(c3)CN3CN4CC(C)C3C)c(-c3ccccc3)c2-c2ccccc2)cc1C.Nc1ccc(-c2c(-c3ccccc3)c(-c3ccccc3)c(-c3ccc(N)cc3)c(-c3ccccc3)c2-c2ccccc2)cc1. The average molecular weight is 1330 g/mol. The quantitative estimate of drug-likeness (QED) is 0.0835. The predicted octanol–water partition coefficient (Wildman–Crippen LogP) is 24.0. The zero-order valence-corrected chi connectivity index (χ0v) is 59.0. The van der Waals surface area contributed by atoms with Gasteiger partial charge < -0.3 is 25.8 Å². The standard InChI is InChI=1S/C51H46N2.C42H32N2.C3H8O2/c1-34-25-26-42(29-35(34)2)50-46(38-17-9-5-10-18-38)48(40-21-13-7-14-22-40)51(49(41-23-15-8-16-24-41)47(50)39-19-11-6-12-20-39)43-27-28-45-44(30-43)32-52-33-53(45)31-36(3)37(52)4;43-35-25-21-33(22-26-35)41-37(29-13-5-1-6-14-29)38(30-15-7-2-8-16-30)42(34-23-27-36(44)28-24-34)40(32-19-11-4-12-20-32)39(41)31-17-9-3-10-18-31;1-4-3-5-2/h5-30,36-37H,31-33H2,1-4H3;1-28H,43-44H2;3H2,1-2H3. The molecule has 3 unspecified atom stereocenters. The Labute approximate surface area is 602 Å². The van der Waals surface area contributed by atoms with Gasteiger partial charge in [-0.15, -0.1) is 0 Å². The maximum atomic E-state index is 6.25. The summed E-state index contributed by atoms with van der Waals surface area (Å²) in [6.07, 6.45) is 0. The molecular weight excluding hydrogens is 1240 g/mol. The van der Waals surface area contributed by atoms with Crippen LogP contribution in [-0.4, -0.2) is 45.2 Å². The van der Waals surface area contributed by atoms with Crippen LogP contribution in [-0.2, 0) is 16.0 Å². The molecule has 0 radical (unpaired) electrons. The number of methoxy groups -OCH3 is 2. The van der Waals surface area contributed by atoms with Crippen molar-refractivity contribution in [3.05, 3.63) is 344 Å². The van der Waals surface area contributed by atoms with Gasteiger partial charge in [0.25, 0.3) is 0 Å². The number of hydrogen-bond donors (Lipinski definition) is 2. The van der Waals surface area contributed by atoms with Crippen LogP contribution in [0.3, 0.4) is 0 Å². The summed E-state index contributed by atoms with van der Waals surface area (Å²) in [6.45, 7) is 12.7. The molecule has 2 bridgehead atoms. The Morgan fingerprint density at radius 2 is 0.559 bits per heavy atom. The van der Waals surface area contributed by atoms with E-state index in [1.807, 2.05) is 24.3 Å². The molecule has 0 amide bonds. The van der Waals surface area contributed by atoms with Crippen molar-refractivity contribution in [2.45, 2.75) is 40.3 Å². The molecule has 14 aromatic carbocycles. The number of aryl methyl sites for hydroxylation is 2. The second kappa shape index (κ2) is 30.9. The van der Waals surface area contributed by atoms with Crippen molar-refractivity contribution in [1.82, 2.24) is 4.90 Å². The van der Waals surface area contributed by atoms with Gasteiger partial charge in [-0.05, 0) is 213 Å². The number of nitrogen functional groups attached to an aromatic ring is 2. The lowest BCUT2D eigenvalue weighted by Gasteiger charge is -2.49. The predicted molar refractivity (Wildman–Crippen MR) is 432 cm³/mol. The number of hydrogen-bond acceptors (Lipinski definition) is 6. The number of fused-ring (bicyclic) bond motifs is 4. The van der Waals surface area contributed by atoms with E-state index in [0.29, 0.717) is 18.8 Å². The summed E-state index contributed by atoms with van der Waals surface area (Å²) in [5.74, 6) is 0.630. The summed E-state index contributed by atoms with van der Waals surface area (Å²) in [5, 5.41) is 0. The number of nitrogens with zero attached hydrogens (tertiary/aromatic N) is 2. The first-order chi connectivity index (χ1) is 50.1. The molecule has 0 spiro atoms. The van der Waals surface area contributed by atoms with Crippen molar-refractivity contribution < 1.29 is 9.47 Å².